The zero-order valence-electron chi connectivity index (χ0n) is 11.7. The maximum absolute atomic E-state index is 4.73. The van der Waals surface area contributed by atoms with Crippen LogP contribution in [0.4, 0.5) is 0 Å². The van der Waals surface area contributed by atoms with Crippen LogP contribution in [0.3, 0.4) is 0 Å². The van der Waals surface area contributed by atoms with Crippen molar-refractivity contribution in [3.63, 3.8) is 0 Å². The van der Waals surface area contributed by atoms with Crippen molar-refractivity contribution in [2.75, 3.05) is 13.1 Å². The van der Waals surface area contributed by atoms with Crippen LogP contribution in [-0.2, 0) is 19.3 Å². The van der Waals surface area contributed by atoms with Gasteiger partial charge in [-0.05, 0) is 50.3 Å². The second kappa shape index (κ2) is 6.83. The Balaban J connectivity index is 1.97. The smallest absolute Gasteiger partial charge is 0.128 e. The lowest BCUT2D eigenvalue weighted by Crippen LogP contribution is -2.27. The van der Waals surface area contributed by atoms with Crippen molar-refractivity contribution < 1.29 is 0 Å². The van der Waals surface area contributed by atoms with E-state index in [1.807, 2.05) is 0 Å². The van der Waals surface area contributed by atoms with Gasteiger partial charge in [0.2, 0.25) is 0 Å². The number of hydrogen-bond acceptors (Lipinski definition) is 3. The van der Waals surface area contributed by atoms with Gasteiger partial charge >= 0.3 is 0 Å². The molecule has 1 N–H and O–H groups in total. The van der Waals surface area contributed by atoms with E-state index in [-0.39, 0.29) is 0 Å². The Kier molecular flexibility index (Phi) is 5.12. The quantitative estimate of drug-likeness (QED) is 0.839. The van der Waals surface area contributed by atoms with Gasteiger partial charge in [0.05, 0.1) is 0 Å². The van der Waals surface area contributed by atoms with E-state index in [1.54, 1.807) is 0 Å². The second-order valence-electron chi connectivity index (χ2n) is 5.28. The van der Waals surface area contributed by atoms with Crippen LogP contribution in [0.1, 0.15) is 50.2 Å². The van der Waals surface area contributed by atoms with Crippen LogP contribution in [0.15, 0.2) is 6.20 Å². The average Bonchev–Trinajstić information content (AvgIpc) is 2.42. The van der Waals surface area contributed by atoms with Crippen LogP contribution >= 0.6 is 0 Å². The minimum atomic E-state index is 0.766. The van der Waals surface area contributed by atoms with Crippen molar-refractivity contribution in [2.45, 2.75) is 52.4 Å². The molecule has 1 heterocycles. The molecule has 1 atom stereocenters. The Morgan fingerprint density at radius 2 is 2.28 bits per heavy atom. The van der Waals surface area contributed by atoms with Crippen LogP contribution in [0.5, 0.6) is 0 Å². The van der Waals surface area contributed by atoms with Crippen molar-refractivity contribution in [1.29, 1.82) is 0 Å². The molecule has 2 rings (SSSR count). The number of aromatic nitrogens is 2. The molecule has 3 heteroatoms. The van der Waals surface area contributed by atoms with Gasteiger partial charge in [-0.15, -0.1) is 0 Å². The first-order valence-electron chi connectivity index (χ1n) is 7.37. The number of fused-ring (bicyclic) bond motifs is 1. The number of nitrogens with zero attached hydrogens (tertiary/aromatic N) is 2. The highest BCUT2D eigenvalue weighted by molar-refractivity contribution is 5.21. The van der Waals surface area contributed by atoms with Gasteiger partial charge < -0.3 is 5.32 Å². The third-order valence-electron chi connectivity index (χ3n) is 3.74. The lowest BCUT2D eigenvalue weighted by atomic mass is 9.87. The fourth-order valence-corrected chi connectivity index (χ4v) is 2.60. The van der Waals surface area contributed by atoms with Crippen LogP contribution in [0.25, 0.3) is 0 Å². The molecule has 0 aliphatic heterocycles. The zero-order chi connectivity index (χ0) is 12.8. The first kappa shape index (κ1) is 13.5. The third kappa shape index (κ3) is 3.52. The van der Waals surface area contributed by atoms with E-state index >= 15 is 0 Å². The number of aryl methyl sites for hydroxylation is 2. The van der Waals surface area contributed by atoms with Gasteiger partial charge in [-0.2, -0.15) is 0 Å². The SMILES string of the molecule is CCCCc1ncc2c(n1)CCC(CNCC)C2. The summed E-state index contributed by atoms with van der Waals surface area (Å²) in [4.78, 5) is 9.25. The molecule has 0 radical (unpaired) electrons. The summed E-state index contributed by atoms with van der Waals surface area (Å²) in [5.74, 6) is 1.81. The van der Waals surface area contributed by atoms with Crippen molar-refractivity contribution in [1.82, 2.24) is 15.3 Å². The van der Waals surface area contributed by atoms with Crippen LogP contribution in [0.2, 0.25) is 0 Å². The standard InChI is InChI=1S/C15H25N3/c1-3-5-6-15-17-11-13-9-12(10-16-4-2)7-8-14(13)18-15/h11-12,16H,3-10H2,1-2H3. The van der Waals surface area contributed by atoms with Crippen LogP contribution < -0.4 is 5.32 Å². The van der Waals surface area contributed by atoms with Gasteiger partial charge in [0.1, 0.15) is 5.82 Å². The van der Waals surface area contributed by atoms with Gasteiger partial charge in [-0.25, -0.2) is 9.97 Å². The predicted octanol–water partition coefficient (Wildman–Crippen LogP) is 2.53. The molecule has 100 valence electrons. The second-order valence-corrected chi connectivity index (χ2v) is 5.28. The first-order chi connectivity index (χ1) is 8.83. The molecule has 1 aliphatic rings. The van der Waals surface area contributed by atoms with Gasteiger partial charge in [-0.3, -0.25) is 0 Å². The number of hydrogen-bond donors (Lipinski definition) is 1. The number of unbranched alkanes of at least 4 members (excludes halogenated alkanes) is 1. The van der Waals surface area contributed by atoms with E-state index in [4.69, 9.17) is 4.98 Å². The fraction of sp³-hybridized carbons (Fsp3) is 0.733. The molecule has 0 aromatic carbocycles. The van der Waals surface area contributed by atoms with Crippen LogP contribution in [0, 0.1) is 5.92 Å². The Morgan fingerprint density at radius 1 is 1.39 bits per heavy atom. The summed E-state index contributed by atoms with van der Waals surface area (Å²) in [7, 11) is 0. The zero-order valence-corrected chi connectivity index (χ0v) is 11.7. The molecule has 1 unspecified atom stereocenters. The van der Waals surface area contributed by atoms with E-state index in [1.165, 1.54) is 30.5 Å². The van der Waals surface area contributed by atoms with Crippen molar-refractivity contribution in [3.8, 4) is 0 Å². The molecule has 0 spiro atoms. The molecule has 1 aromatic rings. The fourth-order valence-electron chi connectivity index (χ4n) is 2.60. The lowest BCUT2D eigenvalue weighted by molar-refractivity contribution is 0.423. The van der Waals surface area contributed by atoms with Crippen molar-refractivity contribution in [3.05, 3.63) is 23.3 Å². The largest absolute Gasteiger partial charge is 0.317 e. The third-order valence-corrected chi connectivity index (χ3v) is 3.74. The molecule has 0 saturated carbocycles. The van der Waals surface area contributed by atoms with E-state index in [0.29, 0.717) is 0 Å². The maximum atomic E-state index is 4.73. The number of rotatable bonds is 6. The molecule has 18 heavy (non-hydrogen) atoms. The molecule has 1 aromatic heterocycles. The summed E-state index contributed by atoms with van der Waals surface area (Å²) in [5, 5.41) is 3.45. The predicted molar refractivity (Wildman–Crippen MR) is 74.7 cm³/mol. The average molecular weight is 247 g/mol. The molecule has 1 aliphatic carbocycles. The first-order valence-corrected chi connectivity index (χ1v) is 7.37. The van der Waals surface area contributed by atoms with Crippen molar-refractivity contribution in [2.24, 2.45) is 5.92 Å². The Labute approximate surface area is 110 Å². The molecular formula is C15H25N3. The highest BCUT2D eigenvalue weighted by Gasteiger charge is 2.19. The summed E-state index contributed by atoms with van der Waals surface area (Å²) < 4.78 is 0. The van der Waals surface area contributed by atoms with E-state index in [9.17, 15) is 0 Å². The minimum Gasteiger partial charge on any atom is -0.317 e. The minimum absolute atomic E-state index is 0.766. The summed E-state index contributed by atoms with van der Waals surface area (Å²) in [5.41, 5.74) is 2.69. The van der Waals surface area contributed by atoms with Crippen LogP contribution in [-0.4, -0.2) is 23.1 Å². The Bertz CT molecular complexity index is 376. The summed E-state index contributed by atoms with van der Waals surface area (Å²) in [6.07, 6.45) is 9.07. The van der Waals surface area contributed by atoms with Gasteiger partial charge in [0, 0.05) is 18.3 Å². The molecule has 3 nitrogen and oxygen atoms in total. The highest BCUT2D eigenvalue weighted by Crippen LogP contribution is 2.23. The normalized spacial score (nSPS) is 18.7. The lowest BCUT2D eigenvalue weighted by Gasteiger charge is -2.24. The van der Waals surface area contributed by atoms with Gasteiger partial charge in [-0.1, -0.05) is 20.3 Å². The highest BCUT2D eigenvalue weighted by atomic mass is 14.9. The van der Waals surface area contributed by atoms with E-state index in [0.717, 1.165) is 44.1 Å². The Hall–Kier alpha value is -0.960. The molecule has 0 amide bonds. The molecule has 0 fully saturated rings. The molecular weight excluding hydrogens is 222 g/mol. The van der Waals surface area contributed by atoms with E-state index in [2.05, 4.69) is 30.3 Å². The monoisotopic (exact) mass is 247 g/mol. The van der Waals surface area contributed by atoms with E-state index < -0.39 is 0 Å². The molecule has 0 bridgehead atoms. The maximum Gasteiger partial charge on any atom is 0.128 e. The topological polar surface area (TPSA) is 37.8 Å². The number of nitrogens with one attached hydrogen (secondary N) is 1. The van der Waals surface area contributed by atoms with Gasteiger partial charge in [0.15, 0.2) is 0 Å². The summed E-state index contributed by atoms with van der Waals surface area (Å²) >= 11 is 0. The summed E-state index contributed by atoms with van der Waals surface area (Å²) in [6.45, 7) is 6.58. The summed E-state index contributed by atoms with van der Waals surface area (Å²) in [6, 6.07) is 0. The van der Waals surface area contributed by atoms with Gasteiger partial charge in [0.25, 0.3) is 0 Å². The molecule has 0 saturated heterocycles. The van der Waals surface area contributed by atoms with Crippen molar-refractivity contribution >= 4 is 0 Å². The Morgan fingerprint density at radius 3 is 3.06 bits per heavy atom.